The Kier molecular flexibility index (Phi) is 12.3. The van der Waals surface area contributed by atoms with Crippen LogP contribution >= 0.6 is 0 Å². The summed E-state index contributed by atoms with van der Waals surface area (Å²) in [6.07, 6.45) is 9.46. The zero-order valence-corrected chi connectivity index (χ0v) is 30.9. The number of rotatable bonds is 14. The summed E-state index contributed by atoms with van der Waals surface area (Å²) in [6.45, 7) is 13.1. The lowest BCUT2D eigenvalue weighted by Gasteiger charge is -2.65. The van der Waals surface area contributed by atoms with E-state index in [-0.39, 0.29) is 40.5 Å². The number of methoxy groups -OCH3 is 1. The minimum atomic E-state index is -3.97. The molecule has 48 heavy (non-hydrogen) atoms. The molecule has 5 rings (SSSR count). The molecule has 1 amide bonds. The van der Waals surface area contributed by atoms with Gasteiger partial charge >= 0.3 is 6.09 Å². The monoisotopic (exact) mass is 691 g/mol. The second-order valence-electron chi connectivity index (χ2n) is 15.9. The van der Waals surface area contributed by atoms with Crippen molar-refractivity contribution in [2.24, 2.45) is 52.3 Å². The normalized spacial score (nSPS) is 36.8. The third kappa shape index (κ3) is 7.63. The van der Waals surface area contributed by atoms with Crippen LogP contribution in [0.25, 0.3) is 0 Å². The number of benzene rings is 1. The van der Waals surface area contributed by atoms with E-state index < -0.39 is 16.1 Å². The molecule has 0 saturated heterocycles. The number of nitrogens with one attached hydrogen (secondary N) is 1. The molecule has 11 atom stereocenters. The van der Waals surface area contributed by atoms with Crippen LogP contribution in [0.15, 0.2) is 29.2 Å². The molecule has 0 heterocycles. The Morgan fingerprint density at radius 1 is 1.00 bits per heavy atom. The number of carbonyl (C=O) groups excluding carboxylic acids is 1. The zero-order chi connectivity index (χ0) is 34.7. The topological polar surface area (TPSA) is 120 Å². The van der Waals surface area contributed by atoms with E-state index in [1.54, 1.807) is 19.2 Å². The number of carbonyl (C=O) groups is 1. The first-order valence-corrected chi connectivity index (χ1v) is 20.0. The van der Waals surface area contributed by atoms with Gasteiger partial charge in [0.15, 0.2) is 0 Å². The molecule has 0 bridgehead atoms. The van der Waals surface area contributed by atoms with E-state index in [1.165, 1.54) is 37.8 Å². The van der Waals surface area contributed by atoms with E-state index in [9.17, 15) is 18.3 Å². The molecule has 1 aromatic carbocycles. The van der Waals surface area contributed by atoms with E-state index in [1.807, 2.05) is 11.6 Å². The van der Waals surface area contributed by atoms with Gasteiger partial charge in [0.05, 0.1) is 36.9 Å². The van der Waals surface area contributed by atoms with Crippen molar-refractivity contribution in [2.75, 3.05) is 33.7 Å². The van der Waals surface area contributed by atoms with E-state index in [4.69, 9.17) is 18.9 Å². The van der Waals surface area contributed by atoms with Gasteiger partial charge in [-0.05, 0) is 129 Å². The van der Waals surface area contributed by atoms with Gasteiger partial charge in [-0.15, -0.1) is 0 Å². The van der Waals surface area contributed by atoms with Crippen molar-refractivity contribution in [3.05, 3.63) is 29.8 Å². The minimum absolute atomic E-state index is 0.0384. The number of aliphatic hydroxyl groups is 1. The summed E-state index contributed by atoms with van der Waals surface area (Å²) in [6, 6.07) is 6.35. The van der Waals surface area contributed by atoms with Crippen LogP contribution in [0.3, 0.4) is 0 Å². The quantitative estimate of drug-likeness (QED) is 0.157. The first kappa shape index (κ1) is 37.5. The smallest absolute Gasteiger partial charge is 0.421 e. The molecule has 4 fully saturated rings. The highest BCUT2D eigenvalue weighted by Gasteiger charge is 2.65. The van der Waals surface area contributed by atoms with E-state index in [2.05, 4.69) is 27.7 Å². The standard InChI is InChI=1S/C38H61NO8S/c1-7-29-33-23-27(47-24-45-22-21-44-6)16-18-38(33,5)32-17-19-37(4)30(14-15-31(37)34(32)35(29)40)26(3)9-8-20-46-36(41)39-48(42,43)28-12-10-25(2)11-13-28/h10-13,26-27,29-35,40H,7-9,14-24H2,1-6H3,(H,39,41)/t26-,27-,29-,30-,31+,32+,33+,34+,35-,37-,38?/m1/s1. The van der Waals surface area contributed by atoms with Crippen molar-refractivity contribution in [1.29, 1.82) is 0 Å². The van der Waals surface area contributed by atoms with E-state index in [0.717, 1.165) is 37.7 Å². The second kappa shape index (κ2) is 15.7. The fraction of sp³-hybridized carbons (Fsp3) is 0.816. The molecule has 1 aromatic rings. The first-order chi connectivity index (χ1) is 22.9. The molecule has 0 aromatic heterocycles. The first-order valence-electron chi connectivity index (χ1n) is 18.5. The minimum Gasteiger partial charge on any atom is -0.449 e. The second-order valence-corrected chi connectivity index (χ2v) is 17.6. The zero-order valence-electron chi connectivity index (χ0n) is 30.1. The highest BCUT2D eigenvalue weighted by Crippen LogP contribution is 2.69. The number of ether oxygens (including phenoxy) is 4. The number of sulfonamides is 1. The number of hydrogen-bond acceptors (Lipinski definition) is 8. The van der Waals surface area contributed by atoms with Crippen molar-refractivity contribution in [3.8, 4) is 0 Å². The van der Waals surface area contributed by atoms with Gasteiger partial charge in [-0.25, -0.2) is 17.9 Å². The summed E-state index contributed by atoms with van der Waals surface area (Å²) in [5.74, 6) is 3.14. The van der Waals surface area contributed by atoms with Crippen molar-refractivity contribution < 1.29 is 37.3 Å². The molecular weight excluding hydrogens is 630 g/mol. The molecule has 4 aliphatic carbocycles. The SMILES string of the molecule is CC[C@H]1[C@@H](O)[C@@H]2[C@H](CC[C@]3(C)[C@@H]([C@H](C)CCCOC(=O)NS(=O)(=O)c4ccc(C)cc4)CC[C@@H]23)C2(C)CC[C@@H](OCOCCOC)C[C@@H]12. The third-order valence-corrected chi connectivity index (χ3v) is 14.9. The van der Waals surface area contributed by atoms with Gasteiger partial charge in [-0.2, -0.15) is 0 Å². The fourth-order valence-electron chi connectivity index (χ4n) is 11.1. The number of aliphatic hydroxyl groups excluding tert-OH is 1. The van der Waals surface area contributed by atoms with Crippen LogP contribution in [-0.2, 0) is 29.0 Å². The Morgan fingerprint density at radius 2 is 1.71 bits per heavy atom. The average molecular weight is 692 g/mol. The maximum absolute atomic E-state index is 12.5. The van der Waals surface area contributed by atoms with Gasteiger partial charge in [0.2, 0.25) is 0 Å². The molecule has 4 saturated carbocycles. The van der Waals surface area contributed by atoms with Gasteiger partial charge in [0.25, 0.3) is 10.0 Å². The number of hydrogen-bond donors (Lipinski definition) is 2. The van der Waals surface area contributed by atoms with Crippen molar-refractivity contribution in [3.63, 3.8) is 0 Å². The lowest BCUT2D eigenvalue weighted by molar-refractivity contribution is -0.213. The maximum Gasteiger partial charge on any atom is 0.421 e. The van der Waals surface area contributed by atoms with Crippen LogP contribution in [-0.4, -0.2) is 65.5 Å². The van der Waals surface area contributed by atoms with E-state index in [0.29, 0.717) is 61.9 Å². The molecule has 2 N–H and O–H groups in total. The van der Waals surface area contributed by atoms with Gasteiger partial charge in [-0.1, -0.05) is 51.8 Å². The van der Waals surface area contributed by atoms with Crippen molar-refractivity contribution in [1.82, 2.24) is 4.72 Å². The van der Waals surface area contributed by atoms with Crippen LogP contribution in [0.1, 0.15) is 97.5 Å². The highest BCUT2D eigenvalue weighted by molar-refractivity contribution is 7.90. The molecule has 1 unspecified atom stereocenters. The Labute approximate surface area is 289 Å². The molecule has 0 aliphatic heterocycles. The summed E-state index contributed by atoms with van der Waals surface area (Å²) in [5, 5.41) is 12.2. The third-order valence-electron chi connectivity index (χ3n) is 13.5. The predicted molar refractivity (Wildman–Crippen MR) is 185 cm³/mol. The predicted octanol–water partition coefficient (Wildman–Crippen LogP) is 7.10. The molecule has 4 aliphatic rings. The summed E-state index contributed by atoms with van der Waals surface area (Å²) < 4.78 is 49.3. The fourth-order valence-corrected chi connectivity index (χ4v) is 12.0. The Hall–Kier alpha value is -1.72. The van der Waals surface area contributed by atoms with Crippen LogP contribution < -0.4 is 4.72 Å². The maximum atomic E-state index is 12.5. The Bertz CT molecular complexity index is 1320. The molecular formula is C38H61NO8S. The summed E-state index contributed by atoms with van der Waals surface area (Å²) in [5.41, 5.74) is 1.34. The highest BCUT2D eigenvalue weighted by atomic mass is 32.2. The van der Waals surface area contributed by atoms with Gasteiger partial charge in [0.1, 0.15) is 6.79 Å². The van der Waals surface area contributed by atoms with Gasteiger partial charge < -0.3 is 24.1 Å². The van der Waals surface area contributed by atoms with Crippen LogP contribution in [0.2, 0.25) is 0 Å². The largest absolute Gasteiger partial charge is 0.449 e. The molecule has 0 spiro atoms. The van der Waals surface area contributed by atoms with Gasteiger partial charge in [-0.3, -0.25) is 0 Å². The number of amides is 1. The lowest BCUT2D eigenvalue weighted by atomic mass is 9.41. The number of aryl methyl sites for hydroxylation is 1. The molecule has 0 radical (unpaired) electrons. The van der Waals surface area contributed by atoms with Crippen LogP contribution in [0.4, 0.5) is 4.79 Å². The average Bonchev–Trinajstić information content (AvgIpc) is 3.41. The summed E-state index contributed by atoms with van der Waals surface area (Å²) in [7, 11) is -2.29. The molecule has 9 nitrogen and oxygen atoms in total. The van der Waals surface area contributed by atoms with Gasteiger partial charge in [0, 0.05) is 7.11 Å². The summed E-state index contributed by atoms with van der Waals surface area (Å²) in [4.78, 5) is 12.4. The molecule has 10 heteroatoms. The molecule has 272 valence electrons. The van der Waals surface area contributed by atoms with Crippen molar-refractivity contribution >= 4 is 16.1 Å². The lowest BCUT2D eigenvalue weighted by Crippen LogP contribution is -2.62. The van der Waals surface area contributed by atoms with E-state index >= 15 is 0 Å². The Balaban J connectivity index is 1.15. The van der Waals surface area contributed by atoms with Crippen molar-refractivity contribution in [2.45, 2.75) is 116 Å². The summed E-state index contributed by atoms with van der Waals surface area (Å²) >= 11 is 0. The van der Waals surface area contributed by atoms with Crippen LogP contribution in [0.5, 0.6) is 0 Å². The van der Waals surface area contributed by atoms with Crippen LogP contribution in [0, 0.1) is 59.2 Å². The number of fused-ring (bicyclic) bond motifs is 5. The Morgan fingerprint density at radius 3 is 2.42 bits per heavy atom.